The van der Waals surface area contributed by atoms with E-state index in [-0.39, 0.29) is 16.1 Å². The Kier molecular flexibility index (Phi) is 4.20. The van der Waals surface area contributed by atoms with Crippen molar-refractivity contribution in [3.05, 3.63) is 46.3 Å². The first-order chi connectivity index (χ1) is 11.0. The smallest absolute Gasteiger partial charge is 0.283 e. The Morgan fingerprint density at radius 2 is 1.91 bits per heavy atom. The van der Waals surface area contributed by atoms with E-state index in [0.29, 0.717) is 11.6 Å². The summed E-state index contributed by atoms with van der Waals surface area (Å²) in [4.78, 5) is 3.92. The third-order valence-corrected chi connectivity index (χ3v) is 4.38. The van der Waals surface area contributed by atoms with Gasteiger partial charge in [-0.05, 0) is 41.9 Å². The highest BCUT2D eigenvalue weighted by atomic mass is 79.9. The fourth-order valence-electron chi connectivity index (χ4n) is 2.16. The largest absolute Gasteiger partial charge is 0.418 e. The van der Waals surface area contributed by atoms with Crippen LogP contribution in [0.4, 0.5) is 8.78 Å². The van der Waals surface area contributed by atoms with Gasteiger partial charge in [-0.3, -0.25) is 9.67 Å². The molecule has 0 bridgehead atoms. The van der Waals surface area contributed by atoms with Crippen LogP contribution in [0.3, 0.4) is 0 Å². The fraction of sp³-hybridized carbons (Fsp3) is 0.286. The average molecular weight is 384 g/mol. The molecule has 1 atom stereocenters. The summed E-state index contributed by atoms with van der Waals surface area (Å²) in [5, 5.41) is 11.9. The van der Waals surface area contributed by atoms with Crippen LogP contribution in [-0.4, -0.2) is 25.0 Å². The standard InChI is InChI=1S/C14H12BrF2N5O/c1-7-10(15)11(12(16)17)21-22(7)8(2)13-19-20-14(23-13)9-3-5-18-6-4-9/h3-6,8,12H,1-2H3/t8-/m1/s1. The second kappa shape index (κ2) is 6.15. The first-order valence-electron chi connectivity index (χ1n) is 6.75. The summed E-state index contributed by atoms with van der Waals surface area (Å²) in [6, 6.07) is 3.01. The molecule has 9 heteroatoms. The SMILES string of the molecule is Cc1c(Br)c(C(F)F)nn1[C@H](C)c1nnc(-c2ccncc2)o1. The van der Waals surface area contributed by atoms with Gasteiger partial charge in [0.1, 0.15) is 11.7 Å². The highest BCUT2D eigenvalue weighted by molar-refractivity contribution is 9.10. The molecule has 6 nitrogen and oxygen atoms in total. The molecule has 0 amide bonds. The van der Waals surface area contributed by atoms with Crippen molar-refractivity contribution in [1.29, 1.82) is 0 Å². The molecule has 0 fully saturated rings. The lowest BCUT2D eigenvalue weighted by Crippen LogP contribution is -2.11. The Morgan fingerprint density at radius 1 is 1.22 bits per heavy atom. The number of rotatable bonds is 4. The van der Waals surface area contributed by atoms with Crippen molar-refractivity contribution < 1.29 is 13.2 Å². The van der Waals surface area contributed by atoms with Crippen molar-refractivity contribution in [2.75, 3.05) is 0 Å². The molecule has 0 aliphatic rings. The molecule has 3 heterocycles. The quantitative estimate of drug-likeness (QED) is 0.682. The summed E-state index contributed by atoms with van der Waals surface area (Å²) >= 11 is 3.15. The van der Waals surface area contributed by atoms with E-state index < -0.39 is 12.5 Å². The fourth-order valence-corrected chi connectivity index (χ4v) is 2.59. The second-order valence-electron chi connectivity index (χ2n) is 4.89. The van der Waals surface area contributed by atoms with E-state index in [1.807, 2.05) is 0 Å². The summed E-state index contributed by atoms with van der Waals surface area (Å²) in [7, 11) is 0. The lowest BCUT2D eigenvalue weighted by molar-refractivity contribution is 0.144. The summed E-state index contributed by atoms with van der Waals surface area (Å²) in [5.41, 5.74) is 0.997. The van der Waals surface area contributed by atoms with Gasteiger partial charge in [-0.2, -0.15) is 5.10 Å². The molecule has 0 saturated carbocycles. The van der Waals surface area contributed by atoms with Gasteiger partial charge in [-0.25, -0.2) is 8.78 Å². The Morgan fingerprint density at radius 3 is 2.52 bits per heavy atom. The molecule has 0 aromatic carbocycles. The molecule has 3 rings (SSSR count). The molecule has 0 saturated heterocycles. The first-order valence-corrected chi connectivity index (χ1v) is 7.54. The molecule has 0 N–H and O–H groups in total. The number of pyridine rings is 1. The summed E-state index contributed by atoms with van der Waals surface area (Å²) in [6.07, 6.45) is 0.574. The third kappa shape index (κ3) is 2.88. The van der Waals surface area contributed by atoms with Gasteiger partial charge in [0.15, 0.2) is 0 Å². The maximum atomic E-state index is 12.9. The van der Waals surface area contributed by atoms with Crippen LogP contribution in [0.5, 0.6) is 0 Å². The first kappa shape index (κ1) is 15.7. The van der Waals surface area contributed by atoms with Crippen molar-refractivity contribution in [3.63, 3.8) is 0 Å². The number of alkyl halides is 2. The van der Waals surface area contributed by atoms with E-state index in [1.54, 1.807) is 38.4 Å². The predicted molar refractivity (Wildman–Crippen MR) is 81.0 cm³/mol. The van der Waals surface area contributed by atoms with Crippen LogP contribution in [0.2, 0.25) is 0 Å². The van der Waals surface area contributed by atoms with Gasteiger partial charge in [-0.1, -0.05) is 0 Å². The van der Waals surface area contributed by atoms with Gasteiger partial charge in [0.2, 0.25) is 11.8 Å². The van der Waals surface area contributed by atoms with Gasteiger partial charge in [-0.15, -0.1) is 10.2 Å². The molecule has 120 valence electrons. The second-order valence-corrected chi connectivity index (χ2v) is 5.68. The van der Waals surface area contributed by atoms with Gasteiger partial charge >= 0.3 is 0 Å². The molecule has 3 aromatic rings. The molecule has 0 aliphatic heterocycles. The molecular formula is C14H12BrF2N5O. The van der Waals surface area contributed by atoms with Crippen molar-refractivity contribution in [2.24, 2.45) is 0 Å². The van der Waals surface area contributed by atoms with Crippen LogP contribution in [0, 0.1) is 6.92 Å². The lowest BCUT2D eigenvalue weighted by Gasteiger charge is -2.09. The average Bonchev–Trinajstić information content (AvgIpc) is 3.14. The normalized spacial score (nSPS) is 12.8. The van der Waals surface area contributed by atoms with Crippen molar-refractivity contribution in [2.45, 2.75) is 26.3 Å². The van der Waals surface area contributed by atoms with Crippen LogP contribution >= 0.6 is 15.9 Å². The van der Waals surface area contributed by atoms with E-state index in [2.05, 4.69) is 36.2 Å². The monoisotopic (exact) mass is 383 g/mol. The highest BCUT2D eigenvalue weighted by Crippen LogP contribution is 2.32. The van der Waals surface area contributed by atoms with E-state index in [9.17, 15) is 8.78 Å². The minimum Gasteiger partial charge on any atom is -0.418 e. The van der Waals surface area contributed by atoms with Gasteiger partial charge < -0.3 is 4.42 Å². The molecule has 23 heavy (non-hydrogen) atoms. The Labute approximate surface area is 138 Å². The van der Waals surface area contributed by atoms with Crippen LogP contribution in [0.1, 0.15) is 36.7 Å². The Balaban J connectivity index is 1.94. The van der Waals surface area contributed by atoms with E-state index >= 15 is 0 Å². The topological polar surface area (TPSA) is 69.6 Å². The summed E-state index contributed by atoms with van der Waals surface area (Å²) in [6.45, 7) is 3.45. The number of hydrogen-bond donors (Lipinski definition) is 0. The zero-order chi connectivity index (χ0) is 16.6. The summed E-state index contributed by atoms with van der Waals surface area (Å²) < 4.78 is 33.3. The molecule has 0 radical (unpaired) electrons. The molecule has 0 aliphatic carbocycles. The number of nitrogens with zero attached hydrogens (tertiary/aromatic N) is 5. The van der Waals surface area contributed by atoms with Crippen molar-refractivity contribution in [1.82, 2.24) is 25.0 Å². The summed E-state index contributed by atoms with van der Waals surface area (Å²) in [5.74, 6) is 0.628. The molecule has 0 spiro atoms. The van der Waals surface area contributed by atoms with Gasteiger partial charge in [0.05, 0.1) is 10.2 Å². The number of aromatic nitrogens is 5. The van der Waals surface area contributed by atoms with Crippen LogP contribution in [0.15, 0.2) is 33.4 Å². The minimum atomic E-state index is -2.66. The van der Waals surface area contributed by atoms with E-state index in [4.69, 9.17) is 4.42 Å². The van der Waals surface area contributed by atoms with E-state index in [0.717, 1.165) is 5.56 Å². The van der Waals surface area contributed by atoms with E-state index in [1.165, 1.54) is 4.68 Å². The van der Waals surface area contributed by atoms with Crippen LogP contribution < -0.4 is 0 Å². The van der Waals surface area contributed by atoms with Crippen molar-refractivity contribution in [3.8, 4) is 11.5 Å². The van der Waals surface area contributed by atoms with Crippen LogP contribution in [0.25, 0.3) is 11.5 Å². The maximum absolute atomic E-state index is 12.9. The Hall–Kier alpha value is -2.16. The molecule has 3 aromatic heterocycles. The number of halogens is 3. The zero-order valence-corrected chi connectivity index (χ0v) is 13.8. The third-order valence-electron chi connectivity index (χ3n) is 3.40. The predicted octanol–water partition coefficient (Wildman–Crippen LogP) is 3.95. The van der Waals surface area contributed by atoms with Gasteiger partial charge in [0, 0.05) is 18.0 Å². The highest BCUT2D eigenvalue weighted by Gasteiger charge is 2.25. The Bertz CT molecular complexity index is 818. The lowest BCUT2D eigenvalue weighted by atomic mass is 10.3. The molecular weight excluding hydrogens is 372 g/mol. The molecule has 0 unspecified atom stereocenters. The maximum Gasteiger partial charge on any atom is 0.283 e. The van der Waals surface area contributed by atoms with Crippen molar-refractivity contribution >= 4 is 15.9 Å². The van der Waals surface area contributed by atoms with Gasteiger partial charge in [0.25, 0.3) is 6.43 Å². The minimum absolute atomic E-state index is 0.285. The number of hydrogen-bond acceptors (Lipinski definition) is 5. The zero-order valence-electron chi connectivity index (χ0n) is 12.2. The van der Waals surface area contributed by atoms with Crippen LogP contribution in [-0.2, 0) is 0 Å².